The zero-order valence-electron chi connectivity index (χ0n) is 15.1. The maximum Gasteiger partial charge on any atom is 0.191 e. The van der Waals surface area contributed by atoms with Crippen LogP contribution in [0.25, 0.3) is 5.65 Å². The molecular weight excluding hydrogens is 332 g/mol. The van der Waals surface area contributed by atoms with E-state index in [4.69, 9.17) is 4.99 Å². The quantitative estimate of drug-likeness (QED) is 0.587. The SMILES string of the molecule is CCNC(=NCCc1nnc2ccccn12)NC1CCC(SCC)C1. The number of fused-ring (bicyclic) bond motifs is 1. The molecule has 0 amide bonds. The van der Waals surface area contributed by atoms with Crippen molar-refractivity contribution in [3.63, 3.8) is 0 Å². The molecule has 136 valence electrons. The van der Waals surface area contributed by atoms with Gasteiger partial charge in [0, 0.05) is 37.0 Å². The predicted octanol–water partition coefficient (Wildman–Crippen LogP) is 2.50. The molecule has 0 spiro atoms. The molecule has 2 N–H and O–H groups in total. The largest absolute Gasteiger partial charge is 0.357 e. The molecule has 0 aliphatic heterocycles. The normalized spacial score (nSPS) is 21.0. The van der Waals surface area contributed by atoms with Crippen LogP contribution in [0.1, 0.15) is 38.9 Å². The molecule has 1 fully saturated rings. The number of aliphatic imine (C=N–C) groups is 1. The van der Waals surface area contributed by atoms with Gasteiger partial charge in [0.25, 0.3) is 0 Å². The summed E-state index contributed by atoms with van der Waals surface area (Å²) >= 11 is 2.08. The number of nitrogens with one attached hydrogen (secondary N) is 2. The molecule has 1 aliphatic carbocycles. The molecule has 2 atom stereocenters. The van der Waals surface area contributed by atoms with E-state index in [2.05, 4.69) is 46.4 Å². The summed E-state index contributed by atoms with van der Waals surface area (Å²) in [6.07, 6.45) is 6.55. The van der Waals surface area contributed by atoms with Crippen molar-refractivity contribution in [1.82, 2.24) is 25.2 Å². The second kappa shape index (κ2) is 9.08. The van der Waals surface area contributed by atoms with Gasteiger partial charge in [-0.15, -0.1) is 10.2 Å². The van der Waals surface area contributed by atoms with Crippen molar-refractivity contribution < 1.29 is 0 Å². The van der Waals surface area contributed by atoms with Gasteiger partial charge in [-0.1, -0.05) is 13.0 Å². The number of hydrogen-bond acceptors (Lipinski definition) is 4. The van der Waals surface area contributed by atoms with Crippen LogP contribution in [0.15, 0.2) is 29.4 Å². The summed E-state index contributed by atoms with van der Waals surface area (Å²) in [6, 6.07) is 6.48. The Bertz CT molecular complexity index is 698. The minimum atomic E-state index is 0.538. The van der Waals surface area contributed by atoms with Crippen molar-refractivity contribution in [1.29, 1.82) is 0 Å². The van der Waals surface area contributed by atoms with Crippen LogP contribution in [-0.4, -0.2) is 50.7 Å². The summed E-state index contributed by atoms with van der Waals surface area (Å²) in [6.45, 7) is 5.92. The van der Waals surface area contributed by atoms with Crippen LogP contribution < -0.4 is 10.6 Å². The highest BCUT2D eigenvalue weighted by Crippen LogP contribution is 2.29. The number of aromatic nitrogens is 3. The van der Waals surface area contributed by atoms with E-state index in [0.717, 1.165) is 35.6 Å². The van der Waals surface area contributed by atoms with Gasteiger partial charge in [0.2, 0.25) is 0 Å². The molecule has 0 aromatic carbocycles. The van der Waals surface area contributed by atoms with Crippen molar-refractivity contribution >= 4 is 23.4 Å². The van der Waals surface area contributed by atoms with Crippen LogP contribution >= 0.6 is 11.8 Å². The van der Waals surface area contributed by atoms with Crippen LogP contribution in [-0.2, 0) is 6.42 Å². The molecule has 1 aliphatic rings. The molecule has 2 aromatic heterocycles. The van der Waals surface area contributed by atoms with Gasteiger partial charge < -0.3 is 10.6 Å². The third kappa shape index (κ3) is 4.87. The lowest BCUT2D eigenvalue weighted by atomic mass is 10.2. The van der Waals surface area contributed by atoms with Gasteiger partial charge in [-0.25, -0.2) is 0 Å². The lowest BCUT2D eigenvalue weighted by Gasteiger charge is -2.17. The summed E-state index contributed by atoms with van der Waals surface area (Å²) in [7, 11) is 0. The highest BCUT2D eigenvalue weighted by molar-refractivity contribution is 7.99. The molecule has 0 radical (unpaired) electrons. The average Bonchev–Trinajstić information content (AvgIpc) is 3.23. The number of hydrogen-bond donors (Lipinski definition) is 2. The molecule has 2 heterocycles. The van der Waals surface area contributed by atoms with E-state index < -0.39 is 0 Å². The van der Waals surface area contributed by atoms with Crippen molar-refractivity contribution in [3.05, 3.63) is 30.2 Å². The second-order valence-corrected chi connectivity index (χ2v) is 7.86. The Labute approximate surface area is 153 Å². The molecule has 3 rings (SSSR count). The number of rotatable bonds is 7. The molecule has 2 unspecified atom stereocenters. The fourth-order valence-corrected chi connectivity index (χ4v) is 4.44. The second-order valence-electron chi connectivity index (χ2n) is 6.29. The fourth-order valence-electron chi connectivity index (χ4n) is 3.30. The van der Waals surface area contributed by atoms with E-state index in [1.54, 1.807) is 0 Å². The smallest absolute Gasteiger partial charge is 0.191 e. The summed E-state index contributed by atoms with van der Waals surface area (Å²) in [4.78, 5) is 4.74. The maximum atomic E-state index is 4.74. The predicted molar refractivity (Wildman–Crippen MR) is 105 cm³/mol. The van der Waals surface area contributed by atoms with Gasteiger partial charge in [-0.2, -0.15) is 11.8 Å². The first-order valence-corrected chi connectivity index (χ1v) is 10.3. The van der Waals surface area contributed by atoms with Crippen molar-refractivity contribution in [3.8, 4) is 0 Å². The third-order valence-electron chi connectivity index (χ3n) is 4.46. The van der Waals surface area contributed by atoms with E-state index in [1.165, 1.54) is 25.0 Å². The lowest BCUT2D eigenvalue weighted by molar-refractivity contribution is 0.614. The van der Waals surface area contributed by atoms with Gasteiger partial charge in [0.1, 0.15) is 5.82 Å². The van der Waals surface area contributed by atoms with Crippen LogP contribution in [0.3, 0.4) is 0 Å². The Morgan fingerprint density at radius 2 is 2.24 bits per heavy atom. The molecular formula is C18H28N6S. The van der Waals surface area contributed by atoms with Crippen molar-refractivity contribution in [2.45, 2.75) is 50.8 Å². The first-order valence-electron chi connectivity index (χ1n) is 9.25. The maximum absolute atomic E-state index is 4.74. The summed E-state index contributed by atoms with van der Waals surface area (Å²) < 4.78 is 2.03. The van der Waals surface area contributed by atoms with E-state index in [9.17, 15) is 0 Å². The van der Waals surface area contributed by atoms with Gasteiger partial charge in [-0.3, -0.25) is 9.39 Å². The molecule has 0 saturated heterocycles. The highest BCUT2D eigenvalue weighted by Gasteiger charge is 2.25. The van der Waals surface area contributed by atoms with E-state index in [0.29, 0.717) is 12.6 Å². The standard InChI is InChI=1S/C18H28N6S/c1-3-19-18(21-14-8-9-15(13-14)25-4-2)20-11-10-17-23-22-16-7-5-6-12-24(16)17/h5-7,12,14-15H,3-4,8-11,13H2,1-2H3,(H2,19,20,21). The summed E-state index contributed by atoms with van der Waals surface area (Å²) in [5.74, 6) is 3.08. The van der Waals surface area contributed by atoms with Gasteiger partial charge >= 0.3 is 0 Å². The van der Waals surface area contributed by atoms with Crippen molar-refractivity contribution in [2.24, 2.45) is 4.99 Å². The first-order chi connectivity index (χ1) is 12.3. The highest BCUT2D eigenvalue weighted by atomic mass is 32.2. The summed E-state index contributed by atoms with van der Waals surface area (Å²) in [5, 5.41) is 16.2. The Hall–Kier alpha value is -1.76. The molecule has 2 aromatic rings. The Balaban J connectivity index is 1.55. The van der Waals surface area contributed by atoms with Crippen molar-refractivity contribution in [2.75, 3.05) is 18.8 Å². The molecule has 25 heavy (non-hydrogen) atoms. The number of nitrogens with zero attached hydrogens (tertiary/aromatic N) is 4. The average molecular weight is 361 g/mol. The van der Waals surface area contributed by atoms with E-state index in [-0.39, 0.29) is 0 Å². The Morgan fingerprint density at radius 3 is 3.08 bits per heavy atom. The third-order valence-corrected chi connectivity index (χ3v) is 5.69. The first kappa shape index (κ1) is 18.0. The van der Waals surface area contributed by atoms with Gasteiger partial charge in [-0.05, 0) is 44.1 Å². The van der Waals surface area contributed by atoms with Crippen LogP contribution in [0.4, 0.5) is 0 Å². The van der Waals surface area contributed by atoms with Crippen LogP contribution in [0.5, 0.6) is 0 Å². The minimum absolute atomic E-state index is 0.538. The van der Waals surface area contributed by atoms with Crippen LogP contribution in [0, 0.1) is 0 Å². The zero-order valence-corrected chi connectivity index (χ0v) is 15.9. The van der Waals surface area contributed by atoms with E-state index in [1.807, 2.05) is 28.8 Å². The fraction of sp³-hybridized carbons (Fsp3) is 0.611. The zero-order chi connectivity index (χ0) is 17.5. The lowest BCUT2D eigenvalue weighted by Crippen LogP contribution is -2.42. The summed E-state index contributed by atoms with van der Waals surface area (Å²) in [5.41, 5.74) is 0.886. The van der Waals surface area contributed by atoms with Gasteiger partial charge in [0.15, 0.2) is 11.6 Å². The Kier molecular flexibility index (Phi) is 6.55. The monoisotopic (exact) mass is 360 g/mol. The molecule has 1 saturated carbocycles. The molecule has 0 bridgehead atoms. The van der Waals surface area contributed by atoms with Gasteiger partial charge in [0.05, 0.1) is 0 Å². The Morgan fingerprint density at radius 1 is 1.32 bits per heavy atom. The number of thioether (sulfide) groups is 1. The molecule has 6 nitrogen and oxygen atoms in total. The van der Waals surface area contributed by atoms with E-state index >= 15 is 0 Å². The topological polar surface area (TPSA) is 66.6 Å². The number of guanidine groups is 1. The number of pyridine rings is 1. The minimum Gasteiger partial charge on any atom is -0.357 e. The van der Waals surface area contributed by atoms with Crippen LogP contribution in [0.2, 0.25) is 0 Å². The molecule has 7 heteroatoms.